The predicted octanol–water partition coefficient (Wildman–Crippen LogP) is 3.64. The molecule has 0 saturated heterocycles. The molecule has 1 N–H and O–H groups in total. The highest BCUT2D eigenvalue weighted by atomic mass is 32.1. The fourth-order valence-electron chi connectivity index (χ4n) is 2.45. The summed E-state index contributed by atoms with van der Waals surface area (Å²) in [5, 5.41) is 11.8. The van der Waals surface area contributed by atoms with Crippen molar-refractivity contribution in [2.24, 2.45) is 0 Å². The second kappa shape index (κ2) is 5.02. The zero-order valence-corrected chi connectivity index (χ0v) is 12.0. The molecule has 0 saturated carbocycles. The van der Waals surface area contributed by atoms with Crippen molar-refractivity contribution >= 4 is 11.3 Å². The zero-order valence-electron chi connectivity index (χ0n) is 11.2. The zero-order chi connectivity index (χ0) is 14.2. The molecule has 1 aliphatic heterocycles. The number of fused-ring (bicyclic) bond motifs is 2. The average Bonchev–Trinajstić information content (AvgIpc) is 3.01. The molecule has 106 valence electrons. The molecule has 0 radical (unpaired) electrons. The van der Waals surface area contributed by atoms with Gasteiger partial charge in [0, 0.05) is 10.9 Å². The minimum absolute atomic E-state index is 0.0465. The summed E-state index contributed by atoms with van der Waals surface area (Å²) in [4.78, 5) is 4.41. The van der Waals surface area contributed by atoms with Gasteiger partial charge in [0.2, 0.25) is 0 Å². The van der Waals surface area contributed by atoms with Crippen LogP contribution in [0.1, 0.15) is 17.8 Å². The molecule has 1 aromatic carbocycles. The van der Waals surface area contributed by atoms with Gasteiger partial charge in [0.05, 0.1) is 12.3 Å². The Balaban J connectivity index is 1.81. The third-order valence-corrected chi connectivity index (χ3v) is 4.28. The number of thiazole rings is 1. The highest BCUT2D eigenvalue weighted by Gasteiger charge is 2.26. The van der Waals surface area contributed by atoms with E-state index in [1.165, 1.54) is 11.3 Å². The Morgan fingerprint density at radius 3 is 2.71 bits per heavy atom. The van der Waals surface area contributed by atoms with E-state index in [2.05, 4.69) is 17.1 Å². The van der Waals surface area contributed by atoms with Crippen LogP contribution >= 0.6 is 11.3 Å². The smallest absolute Gasteiger partial charge is 0.179 e. The van der Waals surface area contributed by atoms with Crippen LogP contribution in [0.2, 0.25) is 0 Å². The summed E-state index contributed by atoms with van der Waals surface area (Å²) >= 11 is 1.43. The van der Waals surface area contributed by atoms with Gasteiger partial charge in [-0.1, -0.05) is 6.07 Å². The van der Waals surface area contributed by atoms with Gasteiger partial charge in [-0.2, -0.15) is 0 Å². The monoisotopic (exact) mass is 299 g/mol. The SMILES string of the molecule is OCc1nc(-c2cccc3c2OC2=CCCC=C2O3)cs1. The van der Waals surface area contributed by atoms with Gasteiger partial charge in [0.1, 0.15) is 5.01 Å². The van der Waals surface area contributed by atoms with E-state index in [-0.39, 0.29) is 6.61 Å². The molecular weight excluding hydrogens is 286 g/mol. The summed E-state index contributed by atoms with van der Waals surface area (Å²) < 4.78 is 12.0. The fourth-order valence-corrected chi connectivity index (χ4v) is 3.11. The van der Waals surface area contributed by atoms with Gasteiger partial charge >= 0.3 is 0 Å². The second-order valence-electron chi connectivity index (χ2n) is 4.84. The number of allylic oxidation sites excluding steroid dienone is 2. The topological polar surface area (TPSA) is 51.6 Å². The Hall–Kier alpha value is -2.11. The van der Waals surface area contributed by atoms with Gasteiger partial charge < -0.3 is 14.6 Å². The van der Waals surface area contributed by atoms with Crippen molar-refractivity contribution in [2.45, 2.75) is 19.4 Å². The number of ether oxygens (including phenoxy) is 2. The lowest BCUT2D eigenvalue weighted by atomic mass is 10.1. The standard InChI is InChI=1S/C16H13NO3S/c18-8-15-17-11(9-21-15)10-4-3-7-14-16(10)20-13-6-2-1-5-12(13)19-14/h3-7,9,18H,1-2,8H2. The molecule has 0 unspecified atom stereocenters. The number of aromatic nitrogens is 1. The van der Waals surface area contributed by atoms with E-state index in [1.54, 1.807) is 0 Å². The summed E-state index contributed by atoms with van der Waals surface area (Å²) in [7, 11) is 0. The Morgan fingerprint density at radius 1 is 1.14 bits per heavy atom. The van der Waals surface area contributed by atoms with E-state index >= 15 is 0 Å². The van der Waals surface area contributed by atoms with Crippen LogP contribution in [0.4, 0.5) is 0 Å². The Bertz CT molecular complexity index is 761. The van der Waals surface area contributed by atoms with Crippen molar-refractivity contribution in [1.82, 2.24) is 4.98 Å². The van der Waals surface area contributed by atoms with Crippen LogP contribution in [-0.2, 0) is 6.61 Å². The van der Waals surface area contributed by atoms with Gasteiger partial charge in [-0.3, -0.25) is 0 Å². The Labute approximate surface area is 126 Å². The van der Waals surface area contributed by atoms with Crippen molar-refractivity contribution in [3.63, 3.8) is 0 Å². The average molecular weight is 299 g/mol. The maximum absolute atomic E-state index is 9.17. The van der Waals surface area contributed by atoms with Crippen molar-refractivity contribution in [2.75, 3.05) is 0 Å². The lowest BCUT2D eigenvalue weighted by Crippen LogP contribution is -2.14. The highest BCUT2D eigenvalue weighted by Crippen LogP contribution is 2.45. The first-order chi connectivity index (χ1) is 10.3. The van der Waals surface area contributed by atoms with Gasteiger partial charge in [-0.25, -0.2) is 4.98 Å². The number of para-hydroxylation sites is 1. The second-order valence-corrected chi connectivity index (χ2v) is 5.78. The maximum atomic E-state index is 9.17. The molecule has 2 aromatic rings. The lowest BCUT2D eigenvalue weighted by molar-refractivity contribution is 0.281. The van der Waals surface area contributed by atoms with E-state index in [1.807, 2.05) is 23.6 Å². The predicted molar refractivity (Wildman–Crippen MR) is 80.1 cm³/mol. The number of hydrogen-bond acceptors (Lipinski definition) is 5. The third-order valence-electron chi connectivity index (χ3n) is 3.44. The summed E-state index contributed by atoms with van der Waals surface area (Å²) in [6.45, 7) is -0.0465. The van der Waals surface area contributed by atoms with Crippen LogP contribution in [0.25, 0.3) is 11.3 Å². The molecule has 0 atom stereocenters. The van der Waals surface area contributed by atoms with Crippen LogP contribution in [0.15, 0.2) is 47.2 Å². The minimum atomic E-state index is -0.0465. The van der Waals surface area contributed by atoms with E-state index in [4.69, 9.17) is 14.6 Å². The normalized spacial score (nSPS) is 16.0. The summed E-state index contributed by atoms with van der Waals surface area (Å²) in [5.74, 6) is 2.97. The summed E-state index contributed by atoms with van der Waals surface area (Å²) in [5.41, 5.74) is 1.68. The van der Waals surface area contributed by atoms with Crippen LogP contribution < -0.4 is 9.47 Å². The summed E-state index contributed by atoms with van der Waals surface area (Å²) in [6, 6.07) is 5.77. The molecule has 1 aliphatic carbocycles. The highest BCUT2D eigenvalue weighted by molar-refractivity contribution is 7.09. The largest absolute Gasteiger partial charge is 0.450 e. The number of benzene rings is 1. The molecule has 4 nitrogen and oxygen atoms in total. The van der Waals surface area contributed by atoms with Crippen molar-refractivity contribution in [3.05, 3.63) is 52.3 Å². The van der Waals surface area contributed by atoms with Gasteiger partial charge in [-0.05, 0) is 37.1 Å². The molecule has 4 rings (SSSR count). The molecule has 0 bridgehead atoms. The number of aliphatic hydroxyl groups excluding tert-OH is 1. The lowest BCUT2D eigenvalue weighted by Gasteiger charge is -2.26. The van der Waals surface area contributed by atoms with Crippen LogP contribution in [0.3, 0.4) is 0 Å². The van der Waals surface area contributed by atoms with E-state index in [0.29, 0.717) is 16.5 Å². The molecule has 2 aliphatic rings. The Morgan fingerprint density at radius 2 is 1.95 bits per heavy atom. The molecule has 0 fully saturated rings. The molecule has 1 aromatic heterocycles. The number of rotatable bonds is 2. The molecule has 0 amide bonds. The first-order valence-electron chi connectivity index (χ1n) is 6.80. The van der Waals surface area contributed by atoms with Crippen LogP contribution in [0, 0.1) is 0 Å². The van der Waals surface area contributed by atoms with Crippen LogP contribution in [0.5, 0.6) is 11.5 Å². The number of aliphatic hydroxyl groups is 1. The Kier molecular flexibility index (Phi) is 3.02. The van der Waals surface area contributed by atoms with Gasteiger partial charge in [0.25, 0.3) is 0 Å². The van der Waals surface area contributed by atoms with Crippen molar-refractivity contribution in [3.8, 4) is 22.8 Å². The van der Waals surface area contributed by atoms with Crippen LogP contribution in [-0.4, -0.2) is 10.1 Å². The summed E-state index contributed by atoms with van der Waals surface area (Å²) in [6.07, 6.45) is 6.04. The van der Waals surface area contributed by atoms with Crippen molar-refractivity contribution in [1.29, 1.82) is 0 Å². The molecule has 21 heavy (non-hydrogen) atoms. The van der Waals surface area contributed by atoms with Gasteiger partial charge in [-0.15, -0.1) is 11.3 Å². The molecule has 5 heteroatoms. The number of hydrogen-bond donors (Lipinski definition) is 1. The minimum Gasteiger partial charge on any atom is -0.450 e. The molecule has 2 heterocycles. The molecule has 0 spiro atoms. The number of nitrogens with zero attached hydrogens (tertiary/aromatic N) is 1. The molecular formula is C16H13NO3S. The van der Waals surface area contributed by atoms with Crippen molar-refractivity contribution < 1.29 is 14.6 Å². The quantitative estimate of drug-likeness (QED) is 0.920. The fraction of sp³-hybridized carbons (Fsp3) is 0.188. The van der Waals surface area contributed by atoms with E-state index in [9.17, 15) is 0 Å². The third kappa shape index (κ3) is 2.14. The maximum Gasteiger partial charge on any atom is 0.179 e. The first kappa shape index (κ1) is 12.6. The van der Waals surface area contributed by atoms with Gasteiger partial charge in [0.15, 0.2) is 23.0 Å². The first-order valence-corrected chi connectivity index (χ1v) is 7.68. The van der Waals surface area contributed by atoms with E-state index < -0.39 is 0 Å². The van der Waals surface area contributed by atoms with E-state index in [0.717, 1.165) is 35.6 Å².